The Balaban J connectivity index is 1.49. The van der Waals surface area contributed by atoms with Gasteiger partial charge in [-0.1, -0.05) is 29.8 Å². The van der Waals surface area contributed by atoms with E-state index in [0.29, 0.717) is 17.1 Å². The van der Waals surface area contributed by atoms with Gasteiger partial charge in [0.15, 0.2) is 0 Å². The fourth-order valence-corrected chi connectivity index (χ4v) is 2.94. The molecule has 0 fully saturated rings. The largest absolute Gasteiger partial charge is 0.507 e. The van der Waals surface area contributed by atoms with Crippen molar-refractivity contribution in [3.8, 4) is 5.75 Å². The number of carbonyl (C=O) groups excluding carboxylic acids is 1. The van der Waals surface area contributed by atoms with Gasteiger partial charge in [-0.05, 0) is 43.5 Å². The summed E-state index contributed by atoms with van der Waals surface area (Å²) in [5, 5.41) is 21.4. The standard InChI is InChI=1S/C18H18ClN3O2/c19-13-7-5-9-15-17(13)14(21-22-15)8-3-4-11-20-18(24)12-6-1-2-10-16(12)23/h1-2,5-7,9-10,23H,3-4,8,11H2,(H,20,24)(H,21,22). The summed E-state index contributed by atoms with van der Waals surface area (Å²) in [5.74, 6) is -0.269. The molecule has 0 aliphatic carbocycles. The van der Waals surface area contributed by atoms with Crippen LogP contribution in [0.15, 0.2) is 42.5 Å². The van der Waals surface area contributed by atoms with Gasteiger partial charge in [0.1, 0.15) is 5.75 Å². The highest BCUT2D eigenvalue weighted by Crippen LogP contribution is 2.25. The van der Waals surface area contributed by atoms with Crippen molar-refractivity contribution in [3.05, 3.63) is 58.7 Å². The number of nitrogens with zero attached hydrogens (tertiary/aromatic N) is 1. The van der Waals surface area contributed by atoms with Crippen molar-refractivity contribution in [1.29, 1.82) is 0 Å². The van der Waals surface area contributed by atoms with Crippen LogP contribution in [0.5, 0.6) is 5.75 Å². The minimum Gasteiger partial charge on any atom is -0.507 e. The van der Waals surface area contributed by atoms with E-state index in [1.54, 1.807) is 18.2 Å². The van der Waals surface area contributed by atoms with E-state index in [2.05, 4.69) is 15.5 Å². The van der Waals surface area contributed by atoms with Crippen LogP contribution >= 0.6 is 11.6 Å². The molecule has 24 heavy (non-hydrogen) atoms. The van der Waals surface area contributed by atoms with E-state index in [1.807, 2.05) is 18.2 Å². The van der Waals surface area contributed by atoms with Crippen LogP contribution < -0.4 is 5.32 Å². The van der Waals surface area contributed by atoms with E-state index < -0.39 is 0 Å². The highest BCUT2D eigenvalue weighted by Gasteiger charge is 2.10. The first kappa shape index (κ1) is 16.3. The molecule has 5 nitrogen and oxygen atoms in total. The number of halogens is 1. The van der Waals surface area contributed by atoms with Crippen LogP contribution in [-0.2, 0) is 6.42 Å². The van der Waals surface area contributed by atoms with Gasteiger partial charge >= 0.3 is 0 Å². The quantitative estimate of drug-likeness (QED) is 0.597. The number of hydrogen-bond acceptors (Lipinski definition) is 3. The molecule has 0 unspecified atom stereocenters. The molecule has 0 bridgehead atoms. The lowest BCUT2D eigenvalue weighted by atomic mass is 10.1. The lowest BCUT2D eigenvalue weighted by molar-refractivity contribution is 0.0950. The molecule has 1 aromatic heterocycles. The van der Waals surface area contributed by atoms with Crippen molar-refractivity contribution in [2.24, 2.45) is 0 Å². The number of carbonyl (C=O) groups is 1. The van der Waals surface area contributed by atoms with Crippen molar-refractivity contribution < 1.29 is 9.90 Å². The number of aryl methyl sites for hydroxylation is 1. The lowest BCUT2D eigenvalue weighted by Crippen LogP contribution is -2.24. The van der Waals surface area contributed by atoms with E-state index in [-0.39, 0.29) is 11.7 Å². The molecular formula is C18H18ClN3O2. The predicted molar refractivity (Wildman–Crippen MR) is 94.5 cm³/mol. The van der Waals surface area contributed by atoms with Crippen molar-refractivity contribution >= 4 is 28.4 Å². The molecule has 124 valence electrons. The van der Waals surface area contributed by atoms with E-state index in [0.717, 1.165) is 35.9 Å². The van der Waals surface area contributed by atoms with Crippen molar-refractivity contribution in [2.75, 3.05) is 6.54 Å². The number of nitrogens with one attached hydrogen (secondary N) is 2. The fourth-order valence-electron chi connectivity index (χ4n) is 2.66. The third kappa shape index (κ3) is 3.51. The molecule has 3 rings (SSSR count). The maximum absolute atomic E-state index is 12.0. The maximum atomic E-state index is 12.0. The van der Waals surface area contributed by atoms with Crippen molar-refractivity contribution in [2.45, 2.75) is 19.3 Å². The van der Waals surface area contributed by atoms with Gasteiger partial charge in [-0.25, -0.2) is 0 Å². The van der Waals surface area contributed by atoms with Gasteiger partial charge in [0.25, 0.3) is 5.91 Å². The molecule has 0 spiro atoms. The average molecular weight is 344 g/mol. The first-order valence-corrected chi connectivity index (χ1v) is 8.22. The number of amides is 1. The second-order valence-electron chi connectivity index (χ2n) is 5.56. The average Bonchev–Trinajstić information content (AvgIpc) is 2.99. The number of hydrogen-bond donors (Lipinski definition) is 3. The van der Waals surface area contributed by atoms with E-state index in [4.69, 9.17) is 11.6 Å². The molecule has 1 heterocycles. The molecule has 0 aliphatic rings. The van der Waals surface area contributed by atoms with Gasteiger partial charge in [-0.2, -0.15) is 5.10 Å². The predicted octanol–water partition coefficient (Wildman–Crippen LogP) is 3.67. The zero-order valence-electron chi connectivity index (χ0n) is 13.1. The monoisotopic (exact) mass is 343 g/mol. The molecule has 0 radical (unpaired) electrons. The molecule has 1 amide bonds. The second-order valence-corrected chi connectivity index (χ2v) is 5.97. The highest BCUT2D eigenvalue weighted by atomic mass is 35.5. The molecule has 3 aromatic rings. The Morgan fingerprint density at radius 2 is 2.00 bits per heavy atom. The molecule has 0 saturated carbocycles. The summed E-state index contributed by atoms with van der Waals surface area (Å²) in [4.78, 5) is 12.0. The van der Waals surface area contributed by atoms with Gasteiger partial charge in [-0.3, -0.25) is 9.89 Å². The number of phenols is 1. The number of aromatic amines is 1. The van der Waals surface area contributed by atoms with Crippen LogP contribution in [0.3, 0.4) is 0 Å². The molecule has 2 aromatic carbocycles. The summed E-state index contributed by atoms with van der Waals surface area (Å²) in [7, 11) is 0. The first-order chi connectivity index (χ1) is 11.7. The number of fused-ring (bicyclic) bond motifs is 1. The molecule has 0 atom stereocenters. The van der Waals surface area contributed by atoms with Crippen LogP contribution in [0.2, 0.25) is 5.02 Å². The lowest BCUT2D eigenvalue weighted by Gasteiger charge is -2.06. The smallest absolute Gasteiger partial charge is 0.255 e. The van der Waals surface area contributed by atoms with Gasteiger partial charge in [0.05, 0.1) is 21.8 Å². The number of H-pyrrole nitrogens is 1. The number of aromatic nitrogens is 2. The second kappa shape index (κ2) is 7.36. The summed E-state index contributed by atoms with van der Waals surface area (Å²) in [6.07, 6.45) is 2.49. The number of phenolic OH excluding ortho intramolecular Hbond substituents is 1. The van der Waals surface area contributed by atoms with Crippen LogP contribution in [0.25, 0.3) is 10.9 Å². The Hall–Kier alpha value is -2.53. The zero-order chi connectivity index (χ0) is 16.9. The Morgan fingerprint density at radius 3 is 2.83 bits per heavy atom. The van der Waals surface area contributed by atoms with Gasteiger partial charge in [0, 0.05) is 11.9 Å². The summed E-state index contributed by atoms with van der Waals surface area (Å²) < 4.78 is 0. The number of benzene rings is 2. The van der Waals surface area contributed by atoms with Gasteiger partial charge in [-0.15, -0.1) is 0 Å². The minimum atomic E-state index is -0.263. The number of para-hydroxylation sites is 1. The highest BCUT2D eigenvalue weighted by molar-refractivity contribution is 6.35. The van der Waals surface area contributed by atoms with Gasteiger partial charge < -0.3 is 10.4 Å². The Labute approximate surface area is 144 Å². The maximum Gasteiger partial charge on any atom is 0.255 e. The Kier molecular flexibility index (Phi) is 5.01. The topological polar surface area (TPSA) is 78.0 Å². The number of unbranched alkanes of at least 4 members (excludes halogenated alkanes) is 1. The third-order valence-corrected chi connectivity index (χ3v) is 4.20. The zero-order valence-corrected chi connectivity index (χ0v) is 13.8. The van der Waals surface area contributed by atoms with Crippen molar-refractivity contribution in [3.63, 3.8) is 0 Å². The van der Waals surface area contributed by atoms with Gasteiger partial charge in [0.2, 0.25) is 0 Å². The molecule has 3 N–H and O–H groups in total. The Bertz CT molecular complexity index is 860. The first-order valence-electron chi connectivity index (χ1n) is 7.84. The summed E-state index contributed by atoms with van der Waals surface area (Å²) in [5.41, 5.74) is 2.18. The van der Waals surface area contributed by atoms with Crippen LogP contribution in [0.4, 0.5) is 0 Å². The van der Waals surface area contributed by atoms with Crippen LogP contribution in [0, 0.1) is 0 Å². The summed E-state index contributed by atoms with van der Waals surface area (Å²) in [6, 6.07) is 12.2. The number of aromatic hydroxyl groups is 1. The molecule has 0 aliphatic heterocycles. The summed E-state index contributed by atoms with van der Waals surface area (Å²) >= 11 is 6.23. The van der Waals surface area contributed by atoms with Crippen LogP contribution in [-0.4, -0.2) is 27.8 Å². The van der Waals surface area contributed by atoms with Crippen molar-refractivity contribution in [1.82, 2.24) is 15.5 Å². The Morgan fingerprint density at radius 1 is 1.17 bits per heavy atom. The van der Waals surface area contributed by atoms with E-state index in [9.17, 15) is 9.90 Å². The third-order valence-electron chi connectivity index (χ3n) is 3.89. The molecule has 6 heteroatoms. The SMILES string of the molecule is O=C(NCCCCc1n[nH]c2cccc(Cl)c12)c1ccccc1O. The fraction of sp³-hybridized carbons (Fsp3) is 0.222. The molecule has 0 saturated heterocycles. The van der Waals surface area contributed by atoms with E-state index >= 15 is 0 Å². The minimum absolute atomic E-state index is 0.00682. The normalized spacial score (nSPS) is 10.9. The molecular weight excluding hydrogens is 326 g/mol. The number of rotatable bonds is 6. The summed E-state index contributed by atoms with van der Waals surface area (Å²) in [6.45, 7) is 0.545. The van der Waals surface area contributed by atoms with E-state index in [1.165, 1.54) is 6.07 Å². The van der Waals surface area contributed by atoms with Crippen LogP contribution in [0.1, 0.15) is 28.9 Å².